The molecule has 4 saturated carbocycles. The van der Waals surface area contributed by atoms with Gasteiger partial charge in [0.25, 0.3) is 0 Å². The lowest BCUT2D eigenvalue weighted by atomic mass is 9.42. The van der Waals surface area contributed by atoms with Gasteiger partial charge in [-0.3, -0.25) is 4.79 Å². The fourth-order valence-corrected chi connectivity index (χ4v) is 14.6. The van der Waals surface area contributed by atoms with Gasteiger partial charge in [0.1, 0.15) is 0 Å². The molecular formula is C35H61NOSi. The van der Waals surface area contributed by atoms with Crippen molar-refractivity contribution in [2.45, 2.75) is 161 Å². The topological polar surface area (TPSA) is 43.1 Å². The van der Waals surface area contributed by atoms with Crippen molar-refractivity contribution in [3.63, 3.8) is 0 Å². The molecule has 0 saturated heterocycles. The molecule has 4 fully saturated rings. The van der Waals surface area contributed by atoms with Crippen molar-refractivity contribution in [1.29, 1.82) is 0 Å². The van der Waals surface area contributed by atoms with Crippen molar-refractivity contribution in [1.82, 2.24) is 0 Å². The predicted molar refractivity (Wildman–Crippen MR) is 167 cm³/mol. The smallest absolute Gasteiger partial charge is 0.224 e. The van der Waals surface area contributed by atoms with Crippen molar-refractivity contribution < 1.29 is 4.79 Å². The molecule has 216 valence electrons. The quantitative estimate of drug-likeness (QED) is 0.154. The Labute approximate surface area is 237 Å². The molecule has 0 radical (unpaired) electrons. The Hall–Kier alpha value is -0.833. The molecule has 4 atom stereocenters. The Morgan fingerprint density at radius 3 is 1.92 bits per heavy atom. The highest BCUT2D eigenvalue weighted by Crippen LogP contribution is 2.78. The van der Waals surface area contributed by atoms with Crippen LogP contribution >= 0.6 is 0 Å². The van der Waals surface area contributed by atoms with Gasteiger partial charge in [0.2, 0.25) is 5.91 Å². The van der Waals surface area contributed by atoms with Crippen LogP contribution in [-0.4, -0.2) is 14.7 Å². The minimum Gasteiger partial charge on any atom is -0.369 e. The first-order chi connectivity index (χ1) is 18.3. The van der Waals surface area contributed by atoms with Gasteiger partial charge < -0.3 is 5.73 Å². The molecule has 4 unspecified atom stereocenters. The summed E-state index contributed by atoms with van der Waals surface area (Å²) in [6.45, 7) is 14.8. The number of rotatable bonds is 16. The van der Waals surface area contributed by atoms with Crippen molar-refractivity contribution >= 4 is 14.7 Å². The van der Waals surface area contributed by atoms with E-state index in [2.05, 4.69) is 40.8 Å². The summed E-state index contributed by atoms with van der Waals surface area (Å²) in [4.78, 5) is 13.7. The number of carbonyl (C=O) groups excluding carboxylic acids is 1. The molecule has 38 heavy (non-hydrogen) atoms. The number of unbranched alkanes of at least 4 members (excludes halogenated alkanes) is 8. The van der Waals surface area contributed by atoms with Gasteiger partial charge >= 0.3 is 0 Å². The van der Waals surface area contributed by atoms with Gasteiger partial charge in [0.15, 0.2) is 0 Å². The number of nitrogens with two attached hydrogens (primary N) is 1. The second kappa shape index (κ2) is 12.8. The zero-order valence-electron chi connectivity index (χ0n) is 26.1. The first-order valence-electron chi connectivity index (χ1n) is 17.0. The van der Waals surface area contributed by atoms with E-state index in [0.717, 1.165) is 31.1 Å². The van der Waals surface area contributed by atoms with Crippen LogP contribution in [0.15, 0.2) is 22.3 Å². The second-order valence-electron chi connectivity index (χ2n) is 14.3. The maximum atomic E-state index is 13.7. The maximum Gasteiger partial charge on any atom is 0.224 e. The fourth-order valence-electron chi connectivity index (χ4n) is 10.9. The summed E-state index contributed by atoms with van der Waals surface area (Å²) in [6.07, 6.45) is 23.5. The largest absolute Gasteiger partial charge is 0.369 e. The molecule has 0 aliphatic heterocycles. The molecular weight excluding hydrogens is 478 g/mol. The minimum atomic E-state index is -1.27. The van der Waals surface area contributed by atoms with Crippen LogP contribution in [0.4, 0.5) is 0 Å². The Kier molecular flexibility index (Phi) is 10.1. The monoisotopic (exact) mass is 539 g/mol. The molecule has 0 aromatic carbocycles. The van der Waals surface area contributed by atoms with Crippen LogP contribution in [0, 0.1) is 29.1 Å². The number of carbonyl (C=O) groups is 1. The second-order valence-corrected chi connectivity index (χ2v) is 17.5. The number of allylic oxidation sites excluding steroid dienone is 4. The summed E-state index contributed by atoms with van der Waals surface area (Å²) in [5.74, 6) is 2.77. The molecule has 4 bridgehead atoms. The maximum absolute atomic E-state index is 13.7. The third-order valence-electron chi connectivity index (χ3n) is 11.9. The number of hydrogen-bond acceptors (Lipinski definition) is 1. The highest BCUT2D eigenvalue weighted by Gasteiger charge is 2.71. The van der Waals surface area contributed by atoms with Crippen LogP contribution in [0.1, 0.15) is 143 Å². The van der Waals surface area contributed by atoms with Crippen LogP contribution in [0.25, 0.3) is 0 Å². The molecule has 5 aliphatic rings. The third kappa shape index (κ3) is 5.05. The van der Waals surface area contributed by atoms with E-state index in [1.807, 2.05) is 0 Å². The SMILES string of the molecule is CCCCCCCCC1=C(CCCCCC)C(CC)=C(C2([SiH](C)C)C3CC4CC(C3)CC2(C(N)=O)C4)C1C. The molecule has 0 spiro atoms. The van der Waals surface area contributed by atoms with Crippen molar-refractivity contribution in [2.24, 2.45) is 34.8 Å². The van der Waals surface area contributed by atoms with Crippen LogP contribution in [0.2, 0.25) is 18.1 Å². The molecule has 0 heterocycles. The summed E-state index contributed by atoms with van der Waals surface area (Å²) < 4.78 is 0. The van der Waals surface area contributed by atoms with Gasteiger partial charge in [0, 0.05) is 13.8 Å². The molecule has 0 aromatic heterocycles. The summed E-state index contributed by atoms with van der Waals surface area (Å²) in [6, 6.07) is 0. The van der Waals surface area contributed by atoms with E-state index in [0.29, 0.717) is 11.8 Å². The molecule has 5 rings (SSSR count). The Morgan fingerprint density at radius 1 is 0.816 bits per heavy atom. The Bertz CT molecular complexity index is 886. The summed E-state index contributed by atoms with van der Waals surface area (Å²) >= 11 is 0. The van der Waals surface area contributed by atoms with Gasteiger partial charge in [-0.1, -0.05) is 103 Å². The minimum absolute atomic E-state index is 0.0711. The van der Waals surface area contributed by atoms with E-state index < -0.39 is 8.80 Å². The van der Waals surface area contributed by atoms with Gasteiger partial charge in [-0.25, -0.2) is 0 Å². The first-order valence-corrected chi connectivity index (χ1v) is 19.9. The van der Waals surface area contributed by atoms with E-state index in [1.54, 1.807) is 22.3 Å². The molecule has 0 aromatic rings. The van der Waals surface area contributed by atoms with E-state index in [1.165, 1.54) is 96.3 Å². The van der Waals surface area contributed by atoms with Crippen LogP contribution in [0.5, 0.6) is 0 Å². The third-order valence-corrected chi connectivity index (χ3v) is 15.1. The average Bonchev–Trinajstić information content (AvgIpc) is 3.14. The van der Waals surface area contributed by atoms with Crippen LogP contribution in [-0.2, 0) is 4.79 Å². The van der Waals surface area contributed by atoms with Gasteiger partial charge in [-0.2, -0.15) is 0 Å². The molecule has 2 N–H and O–H groups in total. The molecule has 1 amide bonds. The lowest BCUT2D eigenvalue weighted by Crippen LogP contribution is -2.65. The summed E-state index contributed by atoms with van der Waals surface area (Å²) in [5, 5.41) is 0.0918. The van der Waals surface area contributed by atoms with E-state index >= 15 is 0 Å². The van der Waals surface area contributed by atoms with Gasteiger partial charge in [0.05, 0.1) is 5.41 Å². The van der Waals surface area contributed by atoms with Crippen LogP contribution < -0.4 is 5.73 Å². The van der Waals surface area contributed by atoms with Crippen molar-refractivity contribution in [2.75, 3.05) is 0 Å². The average molecular weight is 540 g/mol. The van der Waals surface area contributed by atoms with Gasteiger partial charge in [-0.05, 0) is 99.0 Å². The zero-order valence-corrected chi connectivity index (χ0v) is 27.3. The van der Waals surface area contributed by atoms with Crippen molar-refractivity contribution in [3.05, 3.63) is 22.3 Å². The van der Waals surface area contributed by atoms with E-state index in [4.69, 9.17) is 5.73 Å². The van der Waals surface area contributed by atoms with Crippen LogP contribution in [0.3, 0.4) is 0 Å². The highest BCUT2D eigenvalue weighted by atomic mass is 28.3. The standard InChI is InChI=1S/C35H61NOSi/c1-7-10-12-14-15-17-18-30-25(4)32(29(9-3)31(30)19-16-13-11-8-2)35(38(5)6)28-21-26-20-27(22-28)24-34(35,23-26)33(36)37/h25-28,38H,7-24H2,1-6H3,(H2,36,37). The number of primary amides is 1. The number of amides is 1. The lowest BCUT2D eigenvalue weighted by molar-refractivity contribution is -0.150. The zero-order chi connectivity index (χ0) is 27.5. The summed E-state index contributed by atoms with van der Waals surface area (Å²) in [7, 11) is -1.27. The summed E-state index contributed by atoms with van der Waals surface area (Å²) in [5.41, 5.74) is 13.3. The first kappa shape index (κ1) is 30.1. The molecule has 3 heteroatoms. The Morgan fingerprint density at radius 2 is 1.37 bits per heavy atom. The Balaban J connectivity index is 1.74. The fraction of sp³-hybridized carbons (Fsp3) is 0.857. The number of hydrogen-bond donors (Lipinski definition) is 1. The lowest BCUT2D eigenvalue weighted by Gasteiger charge is -2.69. The van der Waals surface area contributed by atoms with Gasteiger partial charge in [-0.15, -0.1) is 0 Å². The highest BCUT2D eigenvalue weighted by molar-refractivity contribution is 6.61. The predicted octanol–water partition coefficient (Wildman–Crippen LogP) is 9.90. The molecule has 2 nitrogen and oxygen atoms in total. The van der Waals surface area contributed by atoms with E-state index in [9.17, 15) is 4.79 Å². The van der Waals surface area contributed by atoms with E-state index in [-0.39, 0.29) is 16.4 Å². The molecule has 5 aliphatic carbocycles. The van der Waals surface area contributed by atoms with Crippen molar-refractivity contribution in [3.8, 4) is 0 Å². The normalized spacial score (nSPS) is 34.3.